The number of hydrogen-bond acceptors (Lipinski definition) is 4. The highest BCUT2D eigenvalue weighted by Crippen LogP contribution is 2.24. The Morgan fingerprint density at radius 2 is 2.16 bits per heavy atom. The molecule has 3 heterocycles. The number of halogens is 2. The Morgan fingerprint density at radius 3 is 2.96 bits per heavy atom. The van der Waals surface area contributed by atoms with Crippen LogP contribution in [0.5, 0.6) is 0 Å². The van der Waals surface area contributed by atoms with Crippen molar-refractivity contribution in [1.29, 1.82) is 0 Å². The summed E-state index contributed by atoms with van der Waals surface area (Å²) >= 11 is 0. The van der Waals surface area contributed by atoms with Gasteiger partial charge >= 0.3 is 0 Å². The summed E-state index contributed by atoms with van der Waals surface area (Å²) in [7, 11) is 0. The molecule has 0 radical (unpaired) electrons. The Bertz CT molecular complexity index is 847. The second-order valence-electron chi connectivity index (χ2n) is 6.27. The Labute approximate surface area is 143 Å². The molecule has 1 aromatic carbocycles. The number of rotatable bonds is 5. The predicted octanol–water partition coefficient (Wildman–Crippen LogP) is 3.48. The molecule has 4 rings (SSSR count). The molecule has 0 saturated carbocycles. The van der Waals surface area contributed by atoms with Crippen molar-refractivity contribution in [3.63, 3.8) is 0 Å². The number of aromatic nitrogens is 3. The molecule has 0 spiro atoms. The zero-order chi connectivity index (χ0) is 17.2. The summed E-state index contributed by atoms with van der Waals surface area (Å²) in [5.41, 5.74) is 1.21. The lowest BCUT2D eigenvalue weighted by atomic mass is 10.2. The lowest BCUT2D eigenvalue weighted by Gasteiger charge is -2.23. The quantitative estimate of drug-likeness (QED) is 0.711. The third kappa shape index (κ3) is 3.46. The molecule has 2 aromatic heterocycles. The minimum Gasteiger partial charge on any atom is -0.444 e. The Kier molecular flexibility index (Phi) is 4.31. The second-order valence-corrected chi connectivity index (χ2v) is 6.27. The highest BCUT2D eigenvalue weighted by atomic mass is 19.2. The average Bonchev–Trinajstić information content (AvgIpc) is 3.34. The van der Waals surface area contributed by atoms with E-state index in [1.807, 2.05) is 16.9 Å². The zero-order valence-corrected chi connectivity index (χ0v) is 13.6. The summed E-state index contributed by atoms with van der Waals surface area (Å²) in [4.78, 5) is 6.78. The molecule has 3 aromatic rings. The third-order valence-corrected chi connectivity index (χ3v) is 4.54. The maximum atomic E-state index is 13.4. The standard InChI is InChI=1S/C18H18F2N4O/c19-16-5-4-13(9-17(16)20)18-22-14(12-25-18)10-23-7-1-3-15(23)11-24-8-2-6-21-24/h2,4-6,8-9,12,15H,1,3,7,10-11H2/t15-/m0/s1. The molecule has 5 nitrogen and oxygen atoms in total. The lowest BCUT2D eigenvalue weighted by Crippen LogP contribution is -2.32. The third-order valence-electron chi connectivity index (χ3n) is 4.54. The van der Waals surface area contributed by atoms with Crippen LogP contribution in [-0.4, -0.2) is 32.3 Å². The van der Waals surface area contributed by atoms with E-state index in [9.17, 15) is 8.78 Å². The molecule has 1 aliphatic heterocycles. The fourth-order valence-corrected chi connectivity index (χ4v) is 3.28. The van der Waals surface area contributed by atoms with E-state index in [2.05, 4.69) is 15.0 Å². The fourth-order valence-electron chi connectivity index (χ4n) is 3.28. The van der Waals surface area contributed by atoms with Crippen LogP contribution in [-0.2, 0) is 13.1 Å². The van der Waals surface area contributed by atoms with Crippen molar-refractivity contribution in [2.75, 3.05) is 6.54 Å². The van der Waals surface area contributed by atoms with Gasteiger partial charge in [0.25, 0.3) is 0 Å². The van der Waals surface area contributed by atoms with Crippen LogP contribution < -0.4 is 0 Å². The first-order valence-corrected chi connectivity index (χ1v) is 8.30. The van der Waals surface area contributed by atoms with Crippen LogP contribution >= 0.6 is 0 Å². The van der Waals surface area contributed by atoms with Gasteiger partial charge in [0.05, 0.1) is 12.2 Å². The summed E-state index contributed by atoms with van der Waals surface area (Å²) < 4.78 is 33.8. The zero-order valence-electron chi connectivity index (χ0n) is 13.6. The summed E-state index contributed by atoms with van der Waals surface area (Å²) in [5, 5.41) is 4.27. The predicted molar refractivity (Wildman–Crippen MR) is 87.5 cm³/mol. The maximum absolute atomic E-state index is 13.4. The largest absolute Gasteiger partial charge is 0.444 e. The van der Waals surface area contributed by atoms with E-state index in [0.717, 1.165) is 43.8 Å². The van der Waals surface area contributed by atoms with Crippen molar-refractivity contribution in [3.05, 3.63) is 60.3 Å². The first-order valence-electron chi connectivity index (χ1n) is 8.30. The van der Waals surface area contributed by atoms with Gasteiger partial charge in [-0.05, 0) is 43.7 Å². The number of likely N-dealkylation sites (tertiary alicyclic amines) is 1. The normalized spacial score (nSPS) is 18.1. The number of nitrogens with zero attached hydrogens (tertiary/aromatic N) is 4. The van der Waals surface area contributed by atoms with E-state index in [4.69, 9.17) is 4.42 Å². The van der Waals surface area contributed by atoms with E-state index in [0.29, 0.717) is 24.0 Å². The topological polar surface area (TPSA) is 47.1 Å². The van der Waals surface area contributed by atoms with E-state index >= 15 is 0 Å². The molecule has 0 amide bonds. The van der Waals surface area contributed by atoms with Gasteiger partial charge < -0.3 is 4.42 Å². The molecule has 0 bridgehead atoms. The van der Waals surface area contributed by atoms with Crippen molar-refractivity contribution < 1.29 is 13.2 Å². The van der Waals surface area contributed by atoms with Gasteiger partial charge in [-0.15, -0.1) is 0 Å². The number of hydrogen-bond donors (Lipinski definition) is 0. The average molecular weight is 344 g/mol. The summed E-state index contributed by atoms with van der Waals surface area (Å²) in [6.07, 6.45) is 7.59. The Morgan fingerprint density at radius 1 is 1.24 bits per heavy atom. The first kappa shape index (κ1) is 16.0. The van der Waals surface area contributed by atoms with Gasteiger partial charge in [-0.25, -0.2) is 13.8 Å². The molecule has 25 heavy (non-hydrogen) atoms. The monoisotopic (exact) mass is 344 g/mol. The van der Waals surface area contributed by atoms with Gasteiger partial charge in [-0.1, -0.05) is 0 Å². The molecule has 1 saturated heterocycles. The highest BCUT2D eigenvalue weighted by Gasteiger charge is 2.26. The van der Waals surface area contributed by atoms with Gasteiger partial charge in [-0.3, -0.25) is 9.58 Å². The minimum absolute atomic E-state index is 0.303. The van der Waals surface area contributed by atoms with Crippen LogP contribution in [0, 0.1) is 11.6 Å². The summed E-state index contributed by atoms with van der Waals surface area (Å²) in [6, 6.07) is 5.97. The van der Waals surface area contributed by atoms with Crippen LogP contribution in [0.4, 0.5) is 8.78 Å². The van der Waals surface area contributed by atoms with Crippen LogP contribution in [0.1, 0.15) is 18.5 Å². The van der Waals surface area contributed by atoms with E-state index in [1.165, 1.54) is 6.07 Å². The molecular weight excluding hydrogens is 326 g/mol. The summed E-state index contributed by atoms with van der Waals surface area (Å²) in [6.45, 7) is 2.51. The minimum atomic E-state index is -0.906. The number of benzene rings is 1. The van der Waals surface area contributed by atoms with Gasteiger partial charge in [-0.2, -0.15) is 5.10 Å². The molecule has 1 fully saturated rings. The van der Waals surface area contributed by atoms with Crippen LogP contribution in [0.2, 0.25) is 0 Å². The van der Waals surface area contributed by atoms with Gasteiger partial charge in [0.1, 0.15) is 6.26 Å². The van der Waals surface area contributed by atoms with Crippen LogP contribution in [0.25, 0.3) is 11.5 Å². The Balaban J connectivity index is 1.46. The van der Waals surface area contributed by atoms with Crippen molar-refractivity contribution in [1.82, 2.24) is 19.7 Å². The Hall–Kier alpha value is -2.54. The molecule has 1 atom stereocenters. The first-order chi connectivity index (χ1) is 12.2. The molecule has 130 valence electrons. The van der Waals surface area contributed by atoms with Gasteiger partial charge in [0, 0.05) is 30.5 Å². The molecular formula is C18H18F2N4O. The van der Waals surface area contributed by atoms with Crippen LogP contribution in [0.15, 0.2) is 47.3 Å². The molecule has 7 heteroatoms. The van der Waals surface area contributed by atoms with E-state index in [-0.39, 0.29) is 0 Å². The molecule has 0 unspecified atom stereocenters. The van der Waals surface area contributed by atoms with Crippen LogP contribution in [0.3, 0.4) is 0 Å². The lowest BCUT2D eigenvalue weighted by molar-refractivity contribution is 0.217. The second kappa shape index (κ2) is 6.76. The molecule has 0 aliphatic carbocycles. The SMILES string of the molecule is Fc1ccc(-c2nc(CN3CCC[C@H]3Cn3cccn3)co2)cc1F. The molecule has 0 N–H and O–H groups in total. The van der Waals surface area contributed by atoms with Crippen molar-refractivity contribution in [3.8, 4) is 11.5 Å². The van der Waals surface area contributed by atoms with Crippen molar-refractivity contribution >= 4 is 0 Å². The molecule has 1 aliphatic rings. The van der Waals surface area contributed by atoms with Gasteiger partial charge in [0.15, 0.2) is 11.6 Å². The van der Waals surface area contributed by atoms with Crippen molar-refractivity contribution in [2.45, 2.75) is 32.0 Å². The highest BCUT2D eigenvalue weighted by molar-refractivity contribution is 5.53. The fraction of sp³-hybridized carbons (Fsp3) is 0.333. The maximum Gasteiger partial charge on any atom is 0.226 e. The summed E-state index contributed by atoms with van der Waals surface area (Å²) in [5.74, 6) is -1.48. The number of oxazole rings is 1. The van der Waals surface area contributed by atoms with Crippen molar-refractivity contribution in [2.24, 2.45) is 0 Å². The van der Waals surface area contributed by atoms with E-state index < -0.39 is 11.6 Å². The smallest absolute Gasteiger partial charge is 0.226 e. The van der Waals surface area contributed by atoms with E-state index in [1.54, 1.807) is 12.5 Å². The van der Waals surface area contributed by atoms with Gasteiger partial charge in [0.2, 0.25) is 5.89 Å².